The van der Waals surface area contributed by atoms with Gasteiger partial charge in [0.1, 0.15) is 0 Å². The lowest BCUT2D eigenvalue weighted by Crippen LogP contribution is -2.01. The molecule has 0 aliphatic carbocycles. The molecule has 57 valence electrons. The molecule has 0 heterocycles. The summed E-state index contributed by atoms with van der Waals surface area (Å²) in [6.45, 7) is 2.28. The van der Waals surface area contributed by atoms with E-state index in [-0.39, 0.29) is 6.54 Å². The lowest BCUT2D eigenvalue weighted by Gasteiger charge is -2.00. The minimum absolute atomic E-state index is 0.253. The third-order valence-corrected chi connectivity index (χ3v) is 1.42. The summed E-state index contributed by atoms with van der Waals surface area (Å²) in [5.74, 6) is 0. The molecule has 0 saturated carbocycles. The van der Waals surface area contributed by atoms with E-state index in [2.05, 4.69) is 5.32 Å². The third-order valence-electron chi connectivity index (χ3n) is 1.42. The molecule has 1 rings (SSSR count). The molecule has 0 fully saturated rings. The van der Waals surface area contributed by atoms with Crippen LogP contribution in [0.25, 0.3) is 0 Å². The predicted octanol–water partition coefficient (Wildman–Crippen LogP) is 1.52. The number of hydrogen-bond donors (Lipinski definition) is 1. The Morgan fingerprint density at radius 2 is 2.00 bits per heavy atom. The van der Waals surface area contributed by atoms with Gasteiger partial charge < -0.3 is 5.32 Å². The largest absolute Gasteiger partial charge is 0.377 e. The highest BCUT2D eigenvalue weighted by Gasteiger charge is 1.88. The van der Waals surface area contributed by atoms with E-state index in [9.17, 15) is 4.79 Å². The number of benzene rings is 1. The first-order chi connectivity index (χ1) is 5.33. The van der Waals surface area contributed by atoms with E-state index in [1.54, 1.807) is 6.29 Å². The summed E-state index contributed by atoms with van der Waals surface area (Å²) in [6.07, 6.45) is 1.77. The average molecular weight is 148 g/mol. The Kier molecular flexibility index (Phi) is 2.66. The summed E-state index contributed by atoms with van der Waals surface area (Å²) in [4.78, 5) is 9.86. The SMILES string of the molecule is Cc1ccc(NC[C]=O)cc1. The van der Waals surface area contributed by atoms with Crippen molar-refractivity contribution >= 4 is 12.0 Å². The molecule has 0 aliphatic rings. The van der Waals surface area contributed by atoms with Crippen molar-refractivity contribution in [3.8, 4) is 0 Å². The van der Waals surface area contributed by atoms with Gasteiger partial charge >= 0.3 is 0 Å². The van der Waals surface area contributed by atoms with Gasteiger partial charge in [0, 0.05) is 5.69 Å². The maximum atomic E-state index is 9.86. The van der Waals surface area contributed by atoms with Gasteiger partial charge in [-0.3, -0.25) is 4.79 Å². The monoisotopic (exact) mass is 148 g/mol. The fourth-order valence-corrected chi connectivity index (χ4v) is 0.810. The Bertz CT molecular complexity index is 228. The number of rotatable bonds is 3. The number of nitrogens with one attached hydrogen (secondary N) is 1. The molecule has 1 radical (unpaired) electrons. The van der Waals surface area contributed by atoms with Gasteiger partial charge in [0.05, 0.1) is 6.54 Å². The van der Waals surface area contributed by atoms with Crippen LogP contribution in [0.15, 0.2) is 24.3 Å². The van der Waals surface area contributed by atoms with Gasteiger partial charge in [-0.25, -0.2) is 0 Å². The molecule has 0 amide bonds. The zero-order valence-electron chi connectivity index (χ0n) is 6.42. The first kappa shape index (κ1) is 7.79. The van der Waals surface area contributed by atoms with E-state index < -0.39 is 0 Å². The lowest BCUT2D eigenvalue weighted by atomic mass is 10.2. The summed E-state index contributed by atoms with van der Waals surface area (Å²) >= 11 is 0. The van der Waals surface area contributed by atoms with Crippen molar-refractivity contribution in [1.29, 1.82) is 0 Å². The standard InChI is InChI=1S/C9H10NO/c1-8-2-4-9(5-3-8)10-6-7-11/h2-5,10H,6H2,1H3. The van der Waals surface area contributed by atoms with Crippen molar-refractivity contribution in [3.63, 3.8) is 0 Å². The first-order valence-electron chi connectivity index (χ1n) is 3.48. The van der Waals surface area contributed by atoms with Crippen molar-refractivity contribution in [2.24, 2.45) is 0 Å². The first-order valence-corrected chi connectivity index (χ1v) is 3.48. The number of carbonyl (C=O) groups excluding carboxylic acids is 1. The van der Waals surface area contributed by atoms with Crippen molar-refractivity contribution in [1.82, 2.24) is 0 Å². The molecule has 0 saturated heterocycles. The third kappa shape index (κ3) is 2.42. The van der Waals surface area contributed by atoms with E-state index in [0.717, 1.165) is 5.69 Å². The smallest absolute Gasteiger partial charge is 0.219 e. The molecule has 0 aromatic heterocycles. The van der Waals surface area contributed by atoms with E-state index >= 15 is 0 Å². The highest BCUT2D eigenvalue weighted by molar-refractivity contribution is 5.59. The molecule has 1 aromatic rings. The number of aryl methyl sites for hydroxylation is 1. The Morgan fingerprint density at radius 1 is 1.36 bits per heavy atom. The Hall–Kier alpha value is -1.31. The summed E-state index contributed by atoms with van der Waals surface area (Å²) in [5, 5.41) is 2.90. The second-order valence-corrected chi connectivity index (χ2v) is 2.36. The second-order valence-electron chi connectivity index (χ2n) is 2.36. The normalized spacial score (nSPS) is 9.18. The van der Waals surface area contributed by atoms with Crippen molar-refractivity contribution < 1.29 is 4.79 Å². The summed E-state index contributed by atoms with van der Waals surface area (Å²) in [6, 6.07) is 7.86. The molecule has 2 nitrogen and oxygen atoms in total. The van der Waals surface area contributed by atoms with E-state index in [1.807, 2.05) is 31.2 Å². The molecular weight excluding hydrogens is 138 g/mol. The maximum Gasteiger partial charge on any atom is 0.219 e. The van der Waals surface area contributed by atoms with Gasteiger partial charge in [-0.2, -0.15) is 0 Å². The van der Waals surface area contributed by atoms with Gasteiger partial charge in [0.2, 0.25) is 6.29 Å². The molecule has 0 unspecified atom stereocenters. The van der Waals surface area contributed by atoms with Crippen LogP contribution < -0.4 is 5.32 Å². The van der Waals surface area contributed by atoms with Crippen LogP contribution in [-0.4, -0.2) is 12.8 Å². The molecule has 1 N–H and O–H groups in total. The van der Waals surface area contributed by atoms with Crippen LogP contribution in [0.2, 0.25) is 0 Å². The highest BCUT2D eigenvalue weighted by atomic mass is 16.1. The van der Waals surface area contributed by atoms with Crippen LogP contribution >= 0.6 is 0 Å². The average Bonchev–Trinajstić information content (AvgIpc) is 2.04. The van der Waals surface area contributed by atoms with E-state index in [0.29, 0.717) is 0 Å². The fourth-order valence-electron chi connectivity index (χ4n) is 0.810. The van der Waals surface area contributed by atoms with Crippen LogP contribution in [0.3, 0.4) is 0 Å². The van der Waals surface area contributed by atoms with Crippen molar-refractivity contribution in [2.45, 2.75) is 6.92 Å². The van der Waals surface area contributed by atoms with Gasteiger partial charge in [-0.1, -0.05) is 17.7 Å². The van der Waals surface area contributed by atoms with E-state index in [1.165, 1.54) is 5.56 Å². The molecule has 0 atom stereocenters. The van der Waals surface area contributed by atoms with Gasteiger partial charge in [0.15, 0.2) is 0 Å². The number of hydrogen-bond acceptors (Lipinski definition) is 2. The highest BCUT2D eigenvalue weighted by Crippen LogP contribution is 2.07. The topological polar surface area (TPSA) is 29.1 Å². The van der Waals surface area contributed by atoms with Crippen LogP contribution in [-0.2, 0) is 4.79 Å². The van der Waals surface area contributed by atoms with Gasteiger partial charge in [-0.15, -0.1) is 0 Å². The molecule has 0 aliphatic heterocycles. The summed E-state index contributed by atoms with van der Waals surface area (Å²) in [5.41, 5.74) is 2.17. The van der Waals surface area contributed by atoms with Crippen molar-refractivity contribution in [2.75, 3.05) is 11.9 Å². The molecule has 0 bridgehead atoms. The predicted molar refractivity (Wildman–Crippen MR) is 45.4 cm³/mol. The van der Waals surface area contributed by atoms with Crippen LogP contribution in [0.4, 0.5) is 5.69 Å². The zero-order chi connectivity index (χ0) is 8.10. The van der Waals surface area contributed by atoms with Gasteiger partial charge in [0.25, 0.3) is 0 Å². The lowest BCUT2D eigenvalue weighted by molar-refractivity contribution is 0.557. The second kappa shape index (κ2) is 3.76. The summed E-state index contributed by atoms with van der Waals surface area (Å²) in [7, 11) is 0. The number of anilines is 1. The molecule has 2 heteroatoms. The molecule has 1 aromatic carbocycles. The minimum Gasteiger partial charge on any atom is -0.377 e. The van der Waals surface area contributed by atoms with Gasteiger partial charge in [-0.05, 0) is 19.1 Å². The Morgan fingerprint density at radius 3 is 2.55 bits per heavy atom. The van der Waals surface area contributed by atoms with Crippen LogP contribution in [0.5, 0.6) is 0 Å². The fraction of sp³-hybridized carbons (Fsp3) is 0.222. The maximum absolute atomic E-state index is 9.86. The Labute approximate surface area is 66.2 Å². The zero-order valence-corrected chi connectivity index (χ0v) is 6.42. The molecule has 0 spiro atoms. The van der Waals surface area contributed by atoms with Crippen molar-refractivity contribution in [3.05, 3.63) is 29.8 Å². The molecular formula is C9H10NO. The van der Waals surface area contributed by atoms with E-state index in [4.69, 9.17) is 0 Å². The minimum atomic E-state index is 0.253. The van der Waals surface area contributed by atoms with Crippen LogP contribution in [0.1, 0.15) is 5.56 Å². The Balaban J connectivity index is 2.58. The quantitative estimate of drug-likeness (QED) is 0.704. The summed E-state index contributed by atoms with van der Waals surface area (Å²) < 4.78 is 0. The van der Waals surface area contributed by atoms with Crippen LogP contribution in [0, 0.1) is 6.92 Å². The molecule has 11 heavy (non-hydrogen) atoms.